The number of hydrogen-bond acceptors (Lipinski definition) is 8. The number of rotatable bonds is 9. The molecule has 170 valence electrons. The molecule has 8 nitrogen and oxygen atoms in total. The summed E-state index contributed by atoms with van der Waals surface area (Å²) in [6.45, 7) is 8.71. The van der Waals surface area contributed by atoms with Crippen LogP contribution in [0.25, 0.3) is 0 Å². The molecule has 0 unspecified atom stereocenters. The van der Waals surface area contributed by atoms with E-state index in [1.165, 1.54) is 14.0 Å². The number of aliphatic hydroxyl groups is 1. The van der Waals surface area contributed by atoms with Crippen molar-refractivity contribution >= 4 is 17.7 Å². The molecule has 2 rings (SSSR count). The highest BCUT2D eigenvalue weighted by molar-refractivity contribution is 6.02. The van der Waals surface area contributed by atoms with Crippen LogP contribution >= 0.6 is 0 Å². The van der Waals surface area contributed by atoms with Gasteiger partial charge in [0.05, 0.1) is 31.8 Å². The molecule has 1 fully saturated rings. The Morgan fingerprint density at radius 2 is 1.84 bits per heavy atom. The summed E-state index contributed by atoms with van der Waals surface area (Å²) in [6, 6.07) is 4.85. The molecular weight excluding hydrogens is 404 g/mol. The monoisotopic (exact) mass is 434 g/mol. The fourth-order valence-electron chi connectivity index (χ4n) is 4.04. The lowest BCUT2D eigenvalue weighted by Gasteiger charge is -2.43. The van der Waals surface area contributed by atoms with E-state index in [4.69, 9.17) is 18.9 Å². The van der Waals surface area contributed by atoms with Crippen LogP contribution in [0.15, 0.2) is 30.9 Å². The van der Waals surface area contributed by atoms with E-state index in [-0.39, 0.29) is 26.2 Å². The summed E-state index contributed by atoms with van der Waals surface area (Å²) in [5, 5.41) is 11.0. The molecule has 1 aromatic carbocycles. The fraction of sp³-hybridized carbons (Fsp3) is 0.522. The van der Waals surface area contributed by atoms with Gasteiger partial charge in [0.25, 0.3) is 0 Å². The van der Waals surface area contributed by atoms with Crippen LogP contribution in [-0.4, -0.2) is 55.4 Å². The van der Waals surface area contributed by atoms with E-state index in [0.29, 0.717) is 17.1 Å². The molecular formula is C23H30O8. The third kappa shape index (κ3) is 5.25. The van der Waals surface area contributed by atoms with Crippen molar-refractivity contribution in [1.29, 1.82) is 0 Å². The number of methoxy groups -OCH3 is 1. The lowest BCUT2D eigenvalue weighted by Crippen LogP contribution is -2.55. The number of ketones is 1. The third-order valence-electron chi connectivity index (χ3n) is 5.28. The van der Waals surface area contributed by atoms with E-state index >= 15 is 0 Å². The lowest BCUT2D eigenvalue weighted by atomic mass is 9.61. The zero-order valence-corrected chi connectivity index (χ0v) is 18.4. The topological polar surface area (TPSA) is 108 Å². The van der Waals surface area contributed by atoms with Crippen molar-refractivity contribution < 1.29 is 38.4 Å². The smallest absolute Gasteiger partial charge is 0.317 e. The van der Waals surface area contributed by atoms with Gasteiger partial charge >= 0.3 is 11.9 Å². The van der Waals surface area contributed by atoms with E-state index in [1.807, 2.05) is 0 Å². The van der Waals surface area contributed by atoms with Crippen molar-refractivity contribution in [3.63, 3.8) is 0 Å². The largest absolute Gasteiger partial charge is 0.493 e. The van der Waals surface area contributed by atoms with E-state index in [1.54, 1.807) is 38.1 Å². The third-order valence-corrected chi connectivity index (χ3v) is 5.28. The zero-order chi connectivity index (χ0) is 23.2. The molecule has 0 aromatic heterocycles. The number of benzene rings is 1. The van der Waals surface area contributed by atoms with E-state index in [9.17, 15) is 19.5 Å². The zero-order valence-electron chi connectivity index (χ0n) is 18.4. The molecule has 0 aliphatic heterocycles. The predicted molar refractivity (Wildman–Crippen MR) is 112 cm³/mol. The van der Waals surface area contributed by atoms with Gasteiger partial charge < -0.3 is 24.1 Å². The second kappa shape index (κ2) is 10.4. The standard InChI is InChI=1S/C23H30O8/c1-6-11-31-16-10-9-14(12-17(16)28-5)18-19(21(25)29-7-2)15(24)13-23(4,27)20(18)22(26)30-8-3/h6,9-10,12,18-20,27H,1,7-8,11,13H2,2-5H3/t18-,19+,20-,23+/m1/s1. The van der Waals surface area contributed by atoms with E-state index in [2.05, 4.69) is 6.58 Å². The van der Waals surface area contributed by atoms with Gasteiger partial charge in [-0.2, -0.15) is 0 Å². The molecule has 0 bridgehead atoms. The summed E-state index contributed by atoms with van der Waals surface area (Å²) >= 11 is 0. The van der Waals surface area contributed by atoms with Crippen LogP contribution in [0.4, 0.5) is 0 Å². The first-order valence-electron chi connectivity index (χ1n) is 10.2. The van der Waals surface area contributed by atoms with Crippen LogP contribution in [0.2, 0.25) is 0 Å². The molecule has 0 spiro atoms. The highest BCUT2D eigenvalue weighted by Crippen LogP contribution is 2.48. The van der Waals surface area contributed by atoms with Gasteiger partial charge in [0, 0.05) is 12.3 Å². The van der Waals surface area contributed by atoms with Crippen molar-refractivity contribution in [2.24, 2.45) is 11.8 Å². The summed E-state index contributed by atoms with van der Waals surface area (Å²) in [6.07, 6.45) is 1.21. The second-order valence-corrected chi connectivity index (χ2v) is 7.50. The first-order chi connectivity index (χ1) is 14.7. The summed E-state index contributed by atoms with van der Waals surface area (Å²) in [5.41, 5.74) is -1.25. The fourth-order valence-corrected chi connectivity index (χ4v) is 4.04. The van der Waals surface area contributed by atoms with Gasteiger partial charge in [-0.15, -0.1) is 0 Å². The Labute approximate surface area is 182 Å². The van der Waals surface area contributed by atoms with Crippen LogP contribution in [0.3, 0.4) is 0 Å². The average Bonchev–Trinajstić information content (AvgIpc) is 2.71. The van der Waals surface area contributed by atoms with Gasteiger partial charge in [-0.3, -0.25) is 14.4 Å². The summed E-state index contributed by atoms with van der Waals surface area (Å²) in [5.74, 6) is -4.58. The maximum absolute atomic E-state index is 12.9. The maximum atomic E-state index is 12.9. The molecule has 1 aliphatic rings. The molecule has 4 atom stereocenters. The molecule has 1 aromatic rings. The summed E-state index contributed by atoms with van der Waals surface area (Å²) < 4.78 is 21.3. The van der Waals surface area contributed by atoms with Crippen LogP contribution in [-0.2, 0) is 23.9 Å². The minimum Gasteiger partial charge on any atom is -0.493 e. The number of Topliss-reactive ketones (excluding diaryl/α,β-unsaturated/α-hetero) is 1. The van der Waals surface area contributed by atoms with Crippen molar-refractivity contribution in [1.82, 2.24) is 0 Å². The molecule has 0 saturated heterocycles. The quantitative estimate of drug-likeness (QED) is 0.359. The Kier molecular flexibility index (Phi) is 8.21. The van der Waals surface area contributed by atoms with Crippen molar-refractivity contribution in [2.45, 2.75) is 38.7 Å². The van der Waals surface area contributed by atoms with Crippen LogP contribution < -0.4 is 9.47 Å². The minimum absolute atomic E-state index is 0.0768. The van der Waals surface area contributed by atoms with Gasteiger partial charge in [0.15, 0.2) is 17.3 Å². The van der Waals surface area contributed by atoms with Crippen molar-refractivity contribution in [3.05, 3.63) is 36.4 Å². The summed E-state index contributed by atoms with van der Waals surface area (Å²) in [4.78, 5) is 38.5. The molecule has 1 saturated carbocycles. The molecule has 0 radical (unpaired) electrons. The number of carbonyl (C=O) groups excluding carboxylic acids is 3. The van der Waals surface area contributed by atoms with Crippen LogP contribution in [0, 0.1) is 11.8 Å². The SMILES string of the molecule is C=CCOc1ccc([C@@H]2[C@@H](C(=O)OCC)C(=O)C[C@](C)(O)[C@H]2C(=O)OCC)cc1OC. The molecule has 31 heavy (non-hydrogen) atoms. The van der Waals surface area contributed by atoms with Gasteiger partial charge in [-0.1, -0.05) is 18.7 Å². The Hall–Kier alpha value is -2.87. The molecule has 1 aliphatic carbocycles. The highest BCUT2D eigenvalue weighted by Gasteiger charge is 2.57. The van der Waals surface area contributed by atoms with Gasteiger partial charge in [-0.25, -0.2) is 0 Å². The number of carbonyl (C=O) groups is 3. The minimum atomic E-state index is -1.71. The summed E-state index contributed by atoms with van der Waals surface area (Å²) in [7, 11) is 1.45. The maximum Gasteiger partial charge on any atom is 0.317 e. The van der Waals surface area contributed by atoms with Crippen molar-refractivity contribution in [2.75, 3.05) is 26.9 Å². The number of esters is 2. The predicted octanol–water partition coefficient (Wildman–Crippen LogP) is 2.43. The first-order valence-corrected chi connectivity index (χ1v) is 10.2. The Morgan fingerprint density at radius 3 is 2.42 bits per heavy atom. The molecule has 1 N–H and O–H groups in total. The number of ether oxygens (including phenoxy) is 4. The van der Waals surface area contributed by atoms with Crippen molar-refractivity contribution in [3.8, 4) is 11.5 Å². The van der Waals surface area contributed by atoms with Crippen LogP contribution in [0.5, 0.6) is 11.5 Å². The first kappa shape index (κ1) is 24.4. The van der Waals surface area contributed by atoms with E-state index < -0.39 is 41.1 Å². The second-order valence-electron chi connectivity index (χ2n) is 7.50. The lowest BCUT2D eigenvalue weighted by molar-refractivity contribution is -0.172. The number of hydrogen-bond donors (Lipinski definition) is 1. The Balaban J connectivity index is 2.65. The van der Waals surface area contributed by atoms with E-state index in [0.717, 1.165) is 0 Å². The van der Waals surface area contributed by atoms with Crippen LogP contribution in [0.1, 0.15) is 38.7 Å². The highest BCUT2D eigenvalue weighted by atomic mass is 16.5. The average molecular weight is 434 g/mol. The Morgan fingerprint density at radius 1 is 1.19 bits per heavy atom. The van der Waals surface area contributed by atoms with Gasteiger partial charge in [-0.05, 0) is 38.5 Å². The molecule has 8 heteroatoms. The normalized spacial score (nSPS) is 25.5. The molecule has 0 amide bonds. The van der Waals surface area contributed by atoms with Gasteiger partial charge in [0.2, 0.25) is 0 Å². The van der Waals surface area contributed by atoms with Gasteiger partial charge in [0.1, 0.15) is 12.5 Å². The Bertz CT molecular complexity index is 829. The molecule has 0 heterocycles.